The van der Waals surface area contributed by atoms with E-state index in [1.54, 1.807) is 42.7 Å². The van der Waals surface area contributed by atoms with Crippen LogP contribution in [-0.2, 0) is 12.8 Å². The van der Waals surface area contributed by atoms with Crippen molar-refractivity contribution < 1.29 is 28.4 Å². The fourth-order valence-electron chi connectivity index (χ4n) is 6.19. The van der Waals surface area contributed by atoms with Crippen molar-refractivity contribution in [3.05, 3.63) is 59.7 Å². The summed E-state index contributed by atoms with van der Waals surface area (Å²) in [6.07, 6.45) is 3.15. The predicted molar refractivity (Wildman–Crippen MR) is 172 cm³/mol. The van der Waals surface area contributed by atoms with E-state index in [1.807, 2.05) is 12.1 Å². The zero-order valence-electron chi connectivity index (χ0n) is 26.3. The minimum atomic E-state index is 0.630. The largest absolute Gasteiger partial charge is 0.493 e. The van der Waals surface area contributed by atoms with Crippen molar-refractivity contribution >= 4 is 21.5 Å². The van der Waals surface area contributed by atoms with Crippen LogP contribution in [0.5, 0.6) is 34.5 Å². The molecule has 8 heteroatoms. The number of nitrogens with zero attached hydrogens (tertiary/aromatic N) is 2. The summed E-state index contributed by atoms with van der Waals surface area (Å²) in [5.41, 5.74) is 2.58. The van der Waals surface area contributed by atoms with E-state index in [-0.39, 0.29) is 0 Å². The Balaban J connectivity index is 1.19. The van der Waals surface area contributed by atoms with Crippen molar-refractivity contribution in [1.82, 2.24) is 9.80 Å². The Labute approximate surface area is 255 Å². The molecule has 0 aromatic heterocycles. The van der Waals surface area contributed by atoms with Gasteiger partial charge in [0.25, 0.3) is 0 Å². The minimum absolute atomic E-state index is 0.630. The molecule has 0 saturated carbocycles. The van der Waals surface area contributed by atoms with E-state index < -0.39 is 0 Å². The highest BCUT2D eigenvalue weighted by Crippen LogP contribution is 2.44. The summed E-state index contributed by atoms with van der Waals surface area (Å²) in [6.45, 7) is 6.45. The smallest absolute Gasteiger partial charge is 0.203 e. The van der Waals surface area contributed by atoms with Gasteiger partial charge in [-0.2, -0.15) is 0 Å². The maximum atomic E-state index is 5.74. The topological polar surface area (TPSA) is 61.9 Å². The highest BCUT2D eigenvalue weighted by molar-refractivity contribution is 5.94. The molecule has 1 aliphatic heterocycles. The Morgan fingerprint density at radius 1 is 0.488 bits per heavy atom. The van der Waals surface area contributed by atoms with Gasteiger partial charge in [0.05, 0.1) is 42.7 Å². The van der Waals surface area contributed by atoms with Gasteiger partial charge in [-0.15, -0.1) is 0 Å². The number of benzene rings is 4. The maximum Gasteiger partial charge on any atom is 0.203 e. The van der Waals surface area contributed by atoms with Crippen LogP contribution < -0.4 is 28.4 Å². The molecule has 1 aliphatic rings. The standard InChI is InChI=1S/C35H44N2O6/c1-38-30-22-26-10-8-24(20-28(26)32(40-3)34(30)42-5)12-16-36-14-7-15-37(19-18-36)17-13-25-9-11-27-23-31(39-2)35(43-6)33(41-4)29(27)21-25/h8-11,20-23H,7,12-19H2,1-6H3. The first kappa shape index (κ1) is 30.6. The first-order valence-electron chi connectivity index (χ1n) is 14.9. The highest BCUT2D eigenvalue weighted by atomic mass is 16.5. The quantitative estimate of drug-likeness (QED) is 0.205. The van der Waals surface area contributed by atoms with E-state index in [0.717, 1.165) is 73.7 Å². The van der Waals surface area contributed by atoms with Gasteiger partial charge >= 0.3 is 0 Å². The Morgan fingerprint density at radius 2 is 0.907 bits per heavy atom. The van der Waals surface area contributed by atoms with E-state index in [1.165, 1.54) is 17.5 Å². The van der Waals surface area contributed by atoms with Gasteiger partial charge in [0.15, 0.2) is 23.0 Å². The van der Waals surface area contributed by atoms with Gasteiger partial charge in [-0.3, -0.25) is 0 Å². The lowest BCUT2D eigenvalue weighted by atomic mass is 10.0. The molecule has 0 spiro atoms. The molecule has 0 atom stereocenters. The molecule has 4 aromatic carbocycles. The van der Waals surface area contributed by atoms with E-state index in [0.29, 0.717) is 34.5 Å². The number of fused-ring (bicyclic) bond motifs is 2. The minimum Gasteiger partial charge on any atom is -0.493 e. The van der Waals surface area contributed by atoms with Crippen molar-refractivity contribution in [3.63, 3.8) is 0 Å². The van der Waals surface area contributed by atoms with Crippen LogP contribution in [0, 0.1) is 0 Å². The maximum absolute atomic E-state index is 5.74. The first-order valence-corrected chi connectivity index (χ1v) is 14.9. The molecule has 43 heavy (non-hydrogen) atoms. The number of rotatable bonds is 12. The lowest BCUT2D eigenvalue weighted by Crippen LogP contribution is -2.33. The molecule has 5 rings (SSSR count). The van der Waals surface area contributed by atoms with Crippen LogP contribution >= 0.6 is 0 Å². The first-order chi connectivity index (χ1) is 21.0. The second kappa shape index (κ2) is 14.1. The lowest BCUT2D eigenvalue weighted by Gasteiger charge is -2.22. The normalized spacial score (nSPS) is 14.5. The fraction of sp³-hybridized carbons (Fsp3) is 0.429. The highest BCUT2D eigenvalue weighted by Gasteiger charge is 2.19. The number of hydrogen-bond donors (Lipinski definition) is 0. The average Bonchev–Trinajstić information content (AvgIpc) is 3.29. The molecular weight excluding hydrogens is 544 g/mol. The Kier molecular flexibility index (Phi) is 10.00. The van der Waals surface area contributed by atoms with Gasteiger partial charge in [0, 0.05) is 37.0 Å². The zero-order valence-corrected chi connectivity index (χ0v) is 26.3. The lowest BCUT2D eigenvalue weighted by molar-refractivity contribution is 0.260. The van der Waals surface area contributed by atoms with Gasteiger partial charge in [-0.25, -0.2) is 0 Å². The monoisotopic (exact) mass is 588 g/mol. The van der Waals surface area contributed by atoms with Crippen LogP contribution in [0.1, 0.15) is 17.5 Å². The zero-order chi connectivity index (χ0) is 30.3. The van der Waals surface area contributed by atoms with Crippen LogP contribution in [0.3, 0.4) is 0 Å². The molecule has 1 fully saturated rings. The summed E-state index contributed by atoms with van der Waals surface area (Å²) in [5, 5.41) is 4.24. The van der Waals surface area contributed by atoms with Crippen molar-refractivity contribution in [2.24, 2.45) is 0 Å². The molecule has 0 aliphatic carbocycles. The third-order valence-electron chi connectivity index (χ3n) is 8.53. The SMILES string of the molecule is COc1cc2ccc(CCN3CCCN(CCc4ccc5cc(OC)c(OC)c(OC)c5c4)CC3)cc2c(OC)c1OC. The number of ether oxygens (including phenoxy) is 6. The summed E-state index contributed by atoms with van der Waals surface area (Å²) in [4.78, 5) is 5.19. The molecule has 0 unspecified atom stereocenters. The van der Waals surface area contributed by atoms with E-state index in [9.17, 15) is 0 Å². The third kappa shape index (κ3) is 6.55. The summed E-state index contributed by atoms with van der Waals surface area (Å²) in [6, 6.07) is 17.2. The number of methoxy groups -OCH3 is 6. The van der Waals surface area contributed by atoms with Crippen LogP contribution in [0.2, 0.25) is 0 Å². The second-order valence-electron chi connectivity index (χ2n) is 10.9. The Morgan fingerprint density at radius 3 is 1.28 bits per heavy atom. The Hall–Kier alpha value is -3.88. The van der Waals surface area contributed by atoms with Crippen LogP contribution in [0.25, 0.3) is 21.5 Å². The summed E-state index contributed by atoms with van der Waals surface area (Å²) < 4.78 is 33.7. The van der Waals surface area contributed by atoms with Gasteiger partial charge < -0.3 is 38.2 Å². The number of hydrogen-bond acceptors (Lipinski definition) is 8. The molecule has 1 heterocycles. The van der Waals surface area contributed by atoms with Gasteiger partial charge in [0.2, 0.25) is 11.5 Å². The molecule has 1 saturated heterocycles. The van der Waals surface area contributed by atoms with Crippen LogP contribution in [0.4, 0.5) is 0 Å². The molecule has 230 valence electrons. The molecule has 0 radical (unpaired) electrons. The van der Waals surface area contributed by atoms with Gasteiger partial charge in [-0.1, -0.05) is 24.3 Å². The molecule has 0 bridgehead atoms. The average molecular weight is 589 g/mol. The predicted octanol–water partition coefficient (Wildman–Crippen LogP) is 5.84. The molecule has 0 N–H and O–H groups in total. The van der Waals surface area contributed by atoms with Crippen molar-refractivity contribution in [1.29, 1.82) is 0 Å². The van der Waals surface area contributed by atoms with E-state index in [4.69, 9.17) is 28.4 Å². The van der Waals surface area contributed by atoms with Gasteiger partial charge in [-0.05, 0) is 78.5 Å². The second-order valence-corrected chi connectivity index (χ2v) is 10.9. The van der Waals surface area contributed by atoms with Crippen LogP contribution in [0.15, 0.2) is 48.5 Å². The van der Waals surface area contributed by atoms with Crippen molar-refractivity contribution in [2.45, 2.75) is 19.3 Å². The molecular formula is C35H44N2O6. The summed E-state index contributed by atoms with van der Waals surface area (Å²) >= 11 is 0. The summed E-state index contributed by atoms with van der Waals surface area (Å²) in [5.74, 6) is 4.04. The third-order valence-corrected chi connectivity index (χ3v) is 8.53. The van der Waals surface area contributed by atoms with Crippen molar-refractivity contribution in [3.8, 4) is 34.5 Å². The molecule has 0 amide bonds. The van der Waals surface area contributed by atoms with Crippen molar-refractivity contribution in [2.75, 3.05) is 81.9 Å². The molecule has 4 aromatic rings. The van der Waals surface area contributed by atoms with Crippen LogP contribution in [-0.4, -0.2) is 91.7 Å². The summed E-state index contributed by atoms with van der Waals surface area (Å²) in [7, 11) is 9.95. The van der Waals surface area contributed by atoms with Gasteiger partial charge in [0.1, 0.15) is 0 Å². The Bertz CT molecular complexity index is 1440. The fourth-order valence-corrected chi connectivity index (χ4v) is 6.19. The molecule has 8 nitrogen and oxygen atoms in total. The van der Waals surface area contributed by atoms with E-state index >= 15 is 0 Å². The van der Waals surface area contributed by atoms with E-state index in [2.05, 4.69) is 46.2 Å².